The molecular weight excluding hydrogens is 204 g/mol. The van der Waals surface area contributed by atoms with Gasteiger partial charge in [0.1, 0.15) is 5.82 Å². The number of imidazole rings is 1. The fourth-order valence-corrected chi connectivity index (χ4v) is 2.87. The van der Waals surface area contributed by atoms with E-state index in [1.807, 2.05) is 11.3 Å². The van der Waals surface area contributed by atoms with E-state index in [9.17, 15) is 0 Å². The molecule has 0 spiro atoms. The van der Waals surface area contributed by atoms with Gasteiger partial charge in [-0.05, 0) is 24.3 Å². The highest BCUT2D eigenvalue weighted by Crippen LogP contribution is 2.18. The van der Waals surface area contributed by atoms with Crippen LogP contribution in [0.4, 0.5) is 0 Å². The lowest BCUT2D eigenvalue weighted by Gasteiger charge is -2.11. The zero-order valence-electron chi connectivity index (χ0n) is 8.65. The molecule has 3 heterocycles. The first-order chi connectivity index (χ1) is 7.42. The van der Waals surface area contributed by atoms with Gasteiger partial charge in [0.25, 0.3) is 0 Å². The van der Waals surface area contributed by atoms with Crippen molar-refractivity contribution >= 4 is 11.3 Å². The van der Waals surface area contributed by atoms with Gasteiger partial charge in [0.2, 0.25) is 0 Å². The Bertz CT molecular complexity index is 419. The average Bonchev–Trinajstić information content (AvgIpc) is 2.86. The van der Waals surface area contributed by atoms with Crippen LogP contribution in [0.1, 0.15) is 29.2 Å². The third kappa shape index (κ3) is 1.84. The minimum Gasteiger partial charge on any atom is -0.335 e. The number of aromatic nitrogens is 2. The first-order valence-corrected chi connectivity index (χ1v) is 6.37. The highest BCUT2D eigenvalue weighted by molar-refractivity contribution is 7.09. The van der Waals surface area contributed by atoms with Gasteiger partial charge in [0, 0.05) is 30.5 Å². The maximum absolute atomic E-state index is 4.70. The van der Waals surface area contributed by atoms with Crippen LogP contribution in [-0.4, -0.2) is 9.55 Å². The standard InChI is InChI=1S/C12H14N2S/c1-2-6-14-9-10(13-12(14)5-1)8-11-4-3-7-15-11/h3-4,7,9H,1-2,5-6,8H2. The number of nitrogens with zero attached hydrogens (tertiary/aromatic N) is 2. The molecule has 0 bridgehead atoms. The molecule has 0 unspecified atom stereocenters. The van der Waals surface area contributed by atoms with Crippen molar-refractivity contribution in [3.8, 4) is 0 Å². The Morgan fingerprint density at radius 1 is 1.40 bits per heavy atom. The van der Waals surface area contributed by atoms with Crippen LogP contribution in [-0.2, 0) is 19.4 Å². The molecule has 2 aromatic rings. The Morgan fingerprint density at radius 2 is 2.40 bits per heavy atom. The molecule has 0 aromatic carbocycles. The smallest absolute Gasteiger partial charge is 0.108 e. The van der Waals surface area contributed by atoms with Gasteiger partial charge < -0.3 is 4.57 Å². The van der Waals surface area contributed by atoms with Crippen molar-refractivity contribution in [2.24, 2.45) is 0 Å². The SMILES string of the molecule is c1csc(Cc2cn3c(n2)CCCC3)c1. The molecule has 0 saturated carbocycles. The molecule has 0 atom stereocenters. The maximum atomic E-state index is 4.70. The van der Waals surface area contributed by atoms with Crippen molar-refractivity contribution in [3.63, 3.8) is 0 Å². The molecule has 0 radical (unpaired) electrons. The van der Waals surface area contributed by atoms with Crippen molar-refractivity contribution in [2.75, 3.05) is 0 Å². The monoisotopic (exact) mass is 218 g/mol. The second-order valence-electron chi connectivity index (χ2n) is 4.06. The molecule has 1 aliphatic rings. The first kappa shape index (κ1) is 9.16. The lowest BCUT2D eigenvalue weighted by atomic mass is 10.2. The van der Waals surface area contributed by atoms with Crippen molar-refractivity contribution in [1.82, 2.24) is 9.55 Å². The molecule has 78 valence electrons. The van der Waals surface area contributed by atoms with Crippen LogP contribution in [0.2, 0.25) is 0 Å². The summed E-state index contributed by atoms with van der Waals surface area (Å²) in [5.41, 5.74) is 1.23. The molecule has 0 amide bonds. The number of hydrogen-bond donors (Lipinski definition) is 0. The minimum absolute atomic E-state index is 0.998. The van der Waals surface area contributed by atoms with E-state index in [1.54, 1.807) is 0 Å². The molecule has 2 nitrogen and oxygen atoms in total. The van der Waals surface area contributed by atoms with Crippen molar-refractivity contribution in [2.45, 2.75) is 32.2 Å². The van der Waals surface area contributed by atoms with E-state index < -0.39 is 0 Å². The molecule has 0 aliphatic carbocycles. The zero-order chi connectivity index (χ0) is 10.1. The Hall–Kier alpha value is -1.09. The van der Waals surface area contributed by atoms with E-state index in [4.69, 9.17) is 4.98 Å². The summed E-state index contributed by atoms with van der Waals surface area (Å²) < 4.78 is 2.33. The van der Waals surface area contributed by atoms with Crippen molar-refractivity contribution < 1.29 is 0 Å². The number of thiophene rings is 1. The summed E-state index contributed by atoms with van der Waals surface area (Å²) in [7, 11) is 0. The van der Waals surface area contributed by atoms with Crippen LogP contribution >= 0.6 is 11.3 Å². The summed E-state index contributed by atoms with van der Waals surface area (Å²) in [6, 6.07) is 4.29. The normalized spacial score (nSPS) is 15.2. The van der Waals surface area contributed by atoms with Gasteiger partial charge in [0.05, 0.1) is 5.69 Å². The summed E-state index contributed by atoms with van der Waals surface area (Å²) >= 11 is 1.81. The lowest BCUT2D eigenvalue weighted by Crippen LogP contribution is -2.08. The molecule has 3 rings (SSSR count). The van der Waals surface area contributed by atoms with Crippen LogP contribution in [0.5, 0.6) is 0 Å². The van der Waals surface area contributed by atoms with Gasteiger partial charge in [-0.15, -0.1) is 11.3 Å². The van der Waals surface area contributed by atoms with Gasteiger partial charge >= 0.3 is 0 Å². The summed E-state index contributed by atoms with van der Waals surface area (Å²) in [6.07, 6.45) is 6.99. The Labute approximate surface area is 93.6 Å². The maximum Gasteiger partial charge on any atom is 0.108 e. The van der Waals surface area contributed by atoms with E-state index in [1.165, 1.54) is 29.2 Å². The van der Waals surface area contributed by atoms with Gasteiger partial charge in [-0.2, -0.15) is 0 Å². The first-order valence-electron chi connectivity index (χ1n) is 5.49. The number of fused-ring (bicyclic) bond motifs is 1. The van der Waals surface area contributed by atoms with Crippen LogP contribution in [0.25, 0.3) is 0 Å². The second kappa shape index (κ2) is 3.81. The van der Waals surface area contributed by atoms with Gasteiger partial charge in [-0.25, -0.2) is 4.98 Å². The molecule has 3 heteroatoms. The number of rotatable bonds is 2. The fraction of sp³-hybridized carbons (Fsp3) is 0.417. The summed E-state index contributed by atoms with van der Waals surface area (Å²) in [6.45, 7) is 1.16. The van der Waals surface area contributed by atoms with Gasteiger partial charge in [0.15, 0.2) is 0 Å². The highest BCUT2D eigenvalue weighted by atomic mass is 32.1. The molecule has 2 aromatic heterocycles. The topological polar surface area (TPSA) is 17.8 Å². The third-order valence-electron chi connectivity index (χ3n) is 2.89. The molecule has 15 heavy (non-hydrogen) atoms. The second-order valence-corrected chi connectivity index (χ2v) is 5.09. The molecule has 0 saturated heterocycles. The van der Waals surface area contributed by atoms with E-state index in [0.29, 0.717) is 0 Å². The highest BCUT2D eigenvalue weighted by Gasteiger charge is 2.12. The summed E-state index contributed by atoms with van der Waals surface area (Å²) in [4.78, 5) is 6.10. The largest absolute Gasteiger partial charge is 0.335 e. The number of aryl methyl sites for hydroxylation is 2. The summed E-state index contributed by atoms with van der Waals surface area (Å²) in [5, 5.41) is 2.13. The number of hydrogen-bond acceptors (Lipinski definition) is 2. The van der Waals surface area contributed by atoms with E-state index in [0.717, 1.165) is 19.4 Å². The third-order valence-corrected chi connectivity index (χ3v) is 3.77. The van der Waals surface area contributed by atoms with Crippen LogP contribution < -0.4 is 0 Å². The van der Waals surface area contributed by atoms with E-state index in [2.05, 4.69) is 28.3 Å². The van der Waals surface area contributed by atoms with Crippen molar-refractivity contribution in [1.29, 1.82) is 0 Å². The minimum atomic E-state index is 0.998. The molecular formula is C12H14N2S. The zero-order valence-corrected chi connectivity index (χ0v) is 9.46. The molecule has 0 fully saturated rings. The van der Waals surface area contributed by atoms with Gasteiger partial charge in [-0.1, -0.05) is 6.07 Å². The molecule has 1 aliphatic heterocycles. The summed E-state index contributed by atoms with van der Waals surface area (Å²) in [5.74, 6) is 1.29. The van der Waals surface area contributed by atoms with E-state index in [-0.39, 0.29) is 0 Å². The van der Waals surface area contributed by atoms with Crippen LogP contribution in [0, 0.1) is 0 Å². The fourth-order valence-electron chi connectivity index (χ4n) is 2.15. The lowest BCUT2D eigenvalue weighted by molar-refractivity contribution is 0.522. The van der Waals surface area contributed by atoms with Crippen molar-refractivity contribution in [3.05, 3.63) is 40.1 Å². The predicted octanol–water partition coefficient (Wildman–Crippen LogP) is 2.87. The molecule has 0 N–H and O–H groups in total. The Morgan fingerprint density at radius 3 is 3.20 bits per heavy atom. The van der Waals surface area contributed by atoms with E-state index >= 15 is 0 Å². The average molecular weight is 218 g/mol. The van der Waals surface area contributed by atoms with Crippen LogP contribution in [0.15, 0.2) is 23.7 Å². The van der Waals surface area contributed by atoms with Gasteiger partial charge in [-0.3, -0.25) is 0 Å². The quantitative estimate of drug-likeness (QED) is 0.758. The Balaban J connectivity index is 1.84. The Kier molecular flexibility index (Phi) is 2.33. The predicted molar refractivity (Wildman–Crippen MR) is 62.3 cm³/mol. The van der Waals surface area contributed by atoms with Crippen LogP contribution in [0.3, 0.4) is 0 Å².